The molecule has 1 aromatic rings. The number of nitrogens with zero attached hydrogens (tertiary/aromatic N) is 1. The lowest BCUT2D eigenvalue weighted by Crippen LogP contribution is -2.01. The molecule has 14 heavy (non-hydrogen) atoms. The molecule has 0 saturated heterocycles. The van der Waals surface area contributed by atoms with E-state index in [-0.39, 0.29) is 13.0 Å². The van der Waals surface area contributed by atoms with E-state index in [4.69, 9.17) is 10.2 Å². The van der Waals surface area contributed by atoms with Gasteiger partial charge in [0.05, 0.1) is 12.1 Å². The fraction of sp³-hybridized carbons (Fsp3) is 0.200. The molecule has 1 rings (SSSR count). The topological polar surface area (TPSA) is 70.4 Å². The second-order valence-electron chi connectivity index (χ2n) is 2.57. The van der Waals surface area contributed by atoms with Crippen molar-refractivity contribution in [1.29, 1.82) is 0 Å². The quantitative estimate of drug-likeness (QED) is 0.648. The summed E-state index contributed by atoms with van der Waals surface area (Å²) in [5, 5.41) is 16.9. The lowest BCUT2D eigenvalue weighted by molar-refractivity contribution is -0.136. The second-order valence-corrected chi connectivity index (χ2v) is 2.57. The third-order valence-corrected chi connectivity index (χ3v) is 1.47. The smallest absolute Gasteiger partial charge is 0.309 e. The molecule has 0 bridgehead atoms. The van der Waals surface area contributed by atoms with Crippen molar-refractivity contribution in [2.24, 2.45) is 0 Å². The van der Waals surface area contributed by atoms with Gasteiger partial charge in [0.1, 0.15) is 6.61 Å². The summed E-state index contributed by atoms with van der Waals surface area (Å²) >= 11 is 0. The van der Waals surface area contributed by atoms with Crippen LogP contribution in [0.25, 0.3) is 0 Å². The van der Waals surface area contributed by atoms with Crippen LogP contribution in [0, 0.1) is 11.8 Å². The van der Waals surface area contributed by atoms with E-state index in [1.165, 1.54) is 6.20 Å². The first kappa shape index (κ1) is 10.2. The largest absolute Gasteiger partial charge is 0.481 e. The van der Waals surface area contributed by atoms with Gasteiger partial charge in [-0.1, -0.05) is 11.8 Å². The van der Waals surface area contributed by atoms with Crippen LogP contribution in [-0.2, 0) is 11.2 Å². The maximum atomic E-state index is 10.3. The molecule has 0 atom stereocenters. The summed E-state index contributed by atoms with van der Waals surface area (Å²) in [5.41, 5.74) is 1.15. The number of carboxylic acid groups (broad SMARTS) is 1. The van der Waals surface area contributed by atoms with Gasteiger partial charge in [0, 0.05) is 11.8 Å². The average Bonchev–Trinajstić information content (AvgIpc) is 2.16. The molecule has 0 saturated carbocycles. The average molecular weight is 191 g/mol. The van der Waals surface area contributed by atoms with Crippen molar-refractivity contribution in [2.75, 3.05) is 6.61 Å². The number of carbonyl (C=O) groups is 1. The van der Waals surface area contributed by atoms with Gasteiger partial charge in [0.15, 0.2) is 0 Å². The highest BCUT2D eigenvalue weighted by Gasteiger charge is 2.00. The van der Waals surface area contributed by atoms with Crippen molar-refractivity contribution in [3.63, 3.8) is 0 Å². The molecule has 0 aliphatic heterocycles. The molecule has 4 nitrogen and oxygen atoms in total. The SMILES string of the molecule is O=C(O)Cc1ccc(C#CCO)cn1. The molecule has 1 aromatic heterocycles. The number of hydrogen-bond donors (Lipinski definition) is 2. The van der Waals surface area contributed by atoms with Gasteiger partial charge < -0.3 is 10.2 Å². The third kappa shape index (κ3) is 3.25. The lowest BCUT2D eigenvalue weighted by atomic mass is 10.2. The highest BCUT2D eigenvalue weighted by atomic mass is 16.4. The maximum Gasteiger partial charge on any atom is 0.309 e. The van der Waals surface area contributed by atoms with Gasteiger partial charge in [-0.2, -0.15) is 0 Å². The van der Waals surface area contributed by atoms with Gasteiger partial charge in [0.25, 0.3) is 0 Å². The van der Waals surface area contributed by atoms with Crippen LogP contribution in [0.3, 0.4) is 0 Å². The molecule has 4 heteroatoms. The van der Waals surface area contributed by atoms with Gasteiger partial charge in [-0.3, -0.25) is 9.78 Å². The Morgan fingerprint density at radius 3 is 2.79 bits per heavy atom. The van der Waals surface area contributed by atoms with E-state index in [0.717, 1.165) is 0 Å². The highest BCUT2D eigenvalue weighted by Crippen LogP contribution is 1.99. The zero-order chi connectivity index (χ0) is 10.4. The second kappa shape index (κ2) is 5.00. The first-order valence-corrected chi connectivity index (χ1v) is 3.99. The number of aliphatic hydroxyl groups excluding tert-OH is 1. The van der Waals surface area contributed by atoms with Crippen molar-refractivity contribution in [1.82, 2.24) is 4.98 Å². The Morgan fingerprint density at radius 2 is 2.29 bits per heavy atom. The van der Waals surface area contributed by atoms with Gasteiger partial charge in [-0.05, 0) is 12.1 Å². The van der Waals surface area contributed by atoms with Crippen LogP contribution in [0.15, 0.2) is 18.3 Å². The standard InChI is InChI=1S/C10H9NO3/c12-5-1-2-8-3-4-9(11-7-8)6-10(13)14/h3-4,7,12H,5-6H2,(H,13,14). The summed E-state index contributed by atoms with van der Waals surface area (Å²) in [5.74, 6) is 4.23. The first-order valence-electron chi connectivity index (χ1n) is 3.99. The molecule has 0 aliphatic rings. The van der Waals surface area contributed by atoms with Crippen LogP contribution in [0.4, 0.5) is 0 Å². The van der Waals surface area contributed by atoms with Crippen LogP contribution in [0.2, 0.25) is 0 Å². The zero-order valence-electron chi connectivity index (χ0n) is 7.40. The molecule has 0 aromatic carbocycles. The van der Waals surface area contributed by atoms with Crippen molar-refractivity contribution in [2.45, 2.75) is 6.42 Å². The van der Waals surface area contributed by atoms with Crippen molar-refractivity contribution >= 4 is 5.97 Å². The molecule has 0 aliphatic carbocycles. The molecule has 72 valence electrons. The summed E-state index contributed by atoms with van der Waals surface area (Å²) in [6, 6.07) is 3.28. The van der Waals surface area contributed by atoms with E-state index in [1.807, 2.05) is 0 Å². The number of carboxylic acids is 1. The highest BCUT2D eigenvalue weighted by molar-refractivity contribution is 5.69. The maximum absolute atomic E-state index is 10.3. The van der Waals surface area contributed by atoms with Crippen molar-refractivity contribution in [3.05, 3.63) is 29.6 Å². The van der Waals surface area contributed by atoms with Crippen LogP contribution < -0.4 is 0 Å². The summed E-state index contributed by atoms with van der Waals surface area (Å²) in [6.07, 6.45) is 1.40. The van der Waals surface area contributed by atoms with E-state index < -0.39 is 5.97 Å². The van der Waals surface area contributed by atoms with Crippen LogP contribution in [-0.4, -0.2) is 27.8 Å². The van der Waals surface area contributed by atoms with Crippen LogP contribution in [0.5, 0.6) is 0 Å². The number of aromatic nitrogens is 1. The minimum absolute atomic E-state index is 0.0896. The zero-order valence-corrected chi connectivity index (χ0v) is 7.40. The summed E-state index contributed by atoms with van der Waals surface area (Å²) < 4.78 is 0. The minimum atomic E-state index is -0.910. The minimum Gasteiger partial charge on any atom is -0.481 e. The lowest BCUT2D eigenvalue weighted by Gasteiger charge is -1.95. The molecular weight excluding hydrogens is 182 g/mol. The van der Waals surface area contributed by atoms with Gasteiger partial charge in [0.2, 0.25) is 0 Å². The Hall–Kier alpha value is -1.86. The predicted molar refractivity (Wildman–Crippen MR) is 49.5 cm³/mol. The number of hydrogen-bond acceptors (Lipinski definition) is 3. The molecule has 0 radical (unpaired) electrons. The predicted octanol–water partition coefficient (Wildman–Crippen LogP) is 0.0525. The van der Waals surface area contributed by atoms with Gasteiger partial charge >= 0.3 is 5.97 Å². The number of aliphatic hydroxyl groups is 1. The fourth-order valence-electron chi connectivity index (χ4n) is 0.900. The Morgan fingerprint density at radius 1 is 1.50 bits per heavy atom. The Kier molecular flexibility index (Phi) is 3.65. The summed E-state index contributed by atoms with van der Waals surface area (Å²) in [6.45, 7) is -0.198. The molecule has 2 N–H and O–H groups in total. The summed E-state index contributed by atoms with van der Waals surface area (Å²) in [7, 11) is 0. The van der Waals surface area contributed by atoms with Crippen LogP contribution in [0.1, 0.15) is 11.3 Å². The first-order chi connectivity index (χ1) is 6.72. The number of rotatable bonds is 2. The normalized spacial score (nSPS) is 8.93. The molecule has 0 spiro atoms. The van der Waals surface area contributed by atoms with Gasteiger partial charge in [-0.25, -0.2) is 0 Å². The van der Waals surface area contributed by atoms with E-state index in [9.17, 15) is 4.79 Å². The van der Waals surface area contributed by atoms with Gasteiger partial charge in [-0.15, -0.1) is 0 Å². The molecule has 0 unspecified atom stereocenters. The van der Waals surface area contributed by atoms with E-state index in [1.54, 1.807) is 12.1 Å². The Bertz CT molecular complexity index is 373. The molecule has 0 fully saturated rings. The van der Waals surface area contributed by atoms with Crippen LogP contribution >= 0.6 is 0 Å². The Balaban J connectivity index is 2.73. The molecule has 0 amide bonds. The van der Waals surface area contributed by atoms with Crippen molar-refractivity contribution in [3.8, 4) is 11.8 Å². The van der Waals surface area contributed by atoms with E-state index >= 15 is 0 Å². The molecule has 1 heterocycles. The third-order valence-electron chi connectivity index (χ3n) is 1.47. The number of aliphatic carboxylic acids is 1. The Labute approximate surface area is 81.2 Å². The fourth-order valence-corrected chi connectivity index (χ4v) is 0.900. The van der Waals surface area contributed by atoms with E-state index in [0.29, 0.717) is 11.3 Å². The molecular formula is C10H9NO3. The van der Waals surface area contributed by atoms with E-state index in [2.05, 4.69) is 16.8 Å². The monoisotopic (exact) mass is 191 g/mol. The number of pyridine rings is 1. The van der Waals surface area contributed by atoms with Crippen molar-refractivity contribution < 1.29 is 15.0 Å². The summed E-state index contributed by atoms with van der Waals surface area (Å²) in [4.78, 5) is 14.2.